The number of thiophene rings is 1. The van der Waals surface area contributed by atoms with Crippen molar-refractivity contribution in [1.82, 2.24) is 20.0 Å². The fraction of sp³-hybridized carbons (Fsp3) is 0.529. The van der Waals surface area contributed by atoms with Crippen LogP contribution in [0.5, 0.6) is 0 Å². The van der Waals surface area contributed by atoms with Crippen LogP contribution in [-0.4, -0.2) is 59.0 Å². The summed E-state index contributed by atoms with van der Waals surface area (Å²) in [7, 11) is 0. The van der Waals surface area contributed by atoms with E-state index >= 15 is 0 Å². The standard InChI is InChI=1S/C17H24N4O2S/c1-14(17(22)18-7-5-16-4-2-11-24-16)20-9-10-23-15(12-20)13-21-8-3-6-19-21/h2-4,6,8,11,14-15H,5,7,9-10,12-13H2,1H3,(H,18,22)/t14-,15-/m1/s1. The monoisotopic (exact) mass is 348 g/mol. The van der Waals surface area contributed by atoms with Crippen molar-refractivity contribution in [1.29, 1.82) is 0 Å². The Morgan fingerprint density at radius 3 is 3.21 bits per heavy atom. The Labute approximate surface area is 146 Å². The lowest BCUT2D eigenvalue weighted by Gasteiger charge is -2.36. The molecule has 1 aliphatic heterocycles. The Balaban J connectivity index is 1.44. The highest BCUT2D eigenvalue weighted by atomic mass is 32.1. The lowest BCUT2D eigenvalue weighted by molar-refractivity contribution is -0.129. The average molecular weight is 348 g/mol. The Morgan fingerprint density at radius 2 is 2.46 bits per heavy atom. The van der Waals surface area contributed by atoms with Crippen LogP contribution in [0.2, 0.25) is 0 Å². The summed E-state index contributed by atoms with van der Waals surface area (Å²) in [6, 6.07) is 5.90. The summed E-state index contributed by atoms with van der Waals surface area (Å²) in [4.78, 5) is 15.9. The van der Waals surface area contributed by atoms with Crippen LogP contribution in [0.25, 0.3) is 0 Å². The van der Waals surface area contributed by atoms with E-state index in [1.165, 1.54) is 4.88 Å². The number of morpholine rings is 1. The number of nitrogens with one attached hydrogen (secondary N) is 1. The molecule has 0 aliphatic carbocycles. The van der Waals surface area contributed by atoms with Gasteiger partial charge in [-0.15, -0.1) is 11.3 Å². The number of amides is 1. The van der Waals surface area contributed by atoms with Crippen molar-refractivity contribution in [3.63, 3.8) is 0 Å². The van der Waals surface area contributed by atoms with Gasteiger partial charge in [-0.3, -0.25) is 14.4 Å². The lowest BCUT2D eigenvalue weighted by atomic mass is 10.2. The van der Waals surface area contributed by atoms with E-state index in [4.69, 9.17) is 4.74 Å². The number of carbonyl (C=O) groups excluding carboxylic acids is 1. The smallest absolute Gasteiger partial charge is 0.237 e. The molecule has 0 unspecified atom stereocenters. The van der Waals surface area contributed by atoms with E-state index in [2.05, 4.69) is 26.8 Å². The molecule has 0 radical (unpaired) electrons. The summed E-state index contributed by atoms with van der Waals surface area (Å²) in [5, 5.41) is 9.33. The molecule has 1 fully saturated rings. The number of nitrogens with zero attached hydrogens (tertiary/aromatic N) is 3. The second-order valence-electron chi connectivity index (χ2n) is 6.01. The third-order valence-corrected chi connectivity index (χ3v) is 5.23. The van der Waals surface area contributed by atoms with Crippen LogP contribution < -0.4 is 5.32 Å². The van der Waals surface area contributed by atoms with Crippen LogP contribution >= 0.6 is 11.3 Å². The Bertz CT molecular complexity index is 615. The minimum Gasteiger partial charge on any atom is -0.374 e. The van der Waals surface area contributed by atoms with Crippen molar-refractivity contribution in [2.24, 2.45) is 0 Å². The van der Waals surface area contributed by atoms with E-state index in [0.717, 1.165) is 26.1 Å². The van der Waals surface area contributed by atoms with Gasteiger partial charge in [0.1, 0.15) is 0 Å². The van der Waals surface area contributed by atoms with E-state index in [9.17, 15) is 4.79 Å². The average Bonchev–Trinajstić information content (AvgIpc) is 3.28. The van der Waals surface area contributed by atoms with Gasteiger partial charge >= 0.3 is 0 Å². The summed E-state index contributed by atoms with van der Waals surface area (Å²) in [6.45, 7) is 5.56. The first-order chi connectivity index (χ1) is 11.7. The first-order valence-electron chi connectivity index (χ1n) is 8.35. The van der Waals surface area contributed by atoms with Gasteiger partial charge in [0.25, 0.3) is 0 Å². The SMILES string of the molecule is C[C@H](C(=O)NCCc1cccs1)N1CCO[C@@H](Cn2cccn2)C1. The molecule has 1 amide bonds. The number of aromatic nitrogens is 2. The van der Waals surface area contributed by atoms with Gasteiger partial charge in [0.15, 0.2) is 0 Å². The molecule has 6 nitrogen and oxygen atoms in total. The quantitative estimate of drug-likeness (QED) is 0.822. The molecule has 3 rings (SSSR count). The normalized spacial score (nSPS) is 20.0. The van der Waals surface area contributed by atoms with E-state index < -0.39 is 0 Å². The third-order valence-electron chi connectivity index (χ3n) is 4.30. The van der Waals surface area contributed by atoms with Crippen molar-refractivity contribution in [3.8, 4) is 0 Å². The molecule has 7 heteroatoms. The molecular weight excluding hydrogens is 324 g/mol. The molecule has 2 aromatic heterocycles. The van der Waals surface area contributed by atoms with Crippen LogP contribution in [0.3, 0.4) is 0 Å². The summed E-state index contributed by atoms with van der Waals surface area (Å²) in [6.07, 6.45) is 4.66. The molecule has 2 atom stereocenters. The van der Waals surface area contributed by atoms with E-state index in [1.54, 1.807) is 17.5 Å². The Morgan fingerprint density at radius 1 is 1.54 bits per heavy atom. The van der Waals surface area contributed by atoms with Gasteiger partial charge in [-0.25, -0.2) is 0 Å². The van der Waals surface area contributed by atoms with Crippen LogP contribution in [0.15, 0.2) is 36.0 Å². The fourth-order valence-corrected chi connectivity index (χ4v) is 3.61. The molecule has 0 saturated carbocycles. The predicted octanol–water partition coefficient (Wildman–Crippen LogP) is 1.39. The maximum Gasteiger partial charge on any atom is 0.237 e. The van der Waals surface area contributed by atoms with Gasteiger partial charge in [-0.1, -0.05) is 6.07 Å². The molecule has 130 valence electrons. The molecule has 0 bridgehead atoms. The minimum atomic E-state index is -0.141. The zero-order chi connectivity index (χ0) is 16.8. The molecule has 24 heavy (non-hydrogen) atoms. The van der Waals surface area contributed by atoms with E-state index in [0.29, 0.717) is 13.2 Å². The molecule has 1 N–H and O–H groups in total. The van der Waals surface area contributed by atoms with Crippen LogP contribution in [0.4, 0.5) is 0 Å². The predicted molar refractivity (Wildman–Crippen MR) is 94.0 cm³/mol. The van der Waals surface area contributed by atoms with Crippen molar-refractivity contribution < 1.29 is 9.53 Å². The topological polar surface area (TPSA) is 59.4 Å². The Kier molecular flexibility index (Phi) is 6.01. The maximum atomic E-state index is 12.4. The number of carbonyl (C=O) groups is 1. The first-order valence-corrected chi connectivity index (χ1v) is 9.23. The number of hydrogen-bond acceptors (Lipinski definition) is 5. The zero-order valence-corrected chi connectivity index (χ0v) is 14.7. The highest BCUT2D eigenvalue weighted by Gasteiger charge is 2.28. The van der Waals surface area contributed by atoms with E-state index in [1.807, 2.05) is 29.9 Å². The molecule has 1 saturated heterocycles. The third kappa shape index (κ3) is 4.66. The van der Waals surface area contributed by atoms with Gasteiger partial charge in [-0.05, 0) is 30.9 Å². The molecule has 3 heterocycles. The molecule has 1 aliphatic rings. The molecular formula is C17H24N4O2S. The summed E-state index contributed by atoms with van der Waals surface area (Å²) < 4.78 is 7.68. The maximum absolute atomic E-state index is 12.4. The van der Waals surface area contributed by atoms with E-state index in [-0.39, 0.29) is 18.1 Å². The van der Waals surface area contributed by atoms with Crippen molar-refractivity contribution >= 4 is 17.2 Å². The molecule has 2 aromatic rings. The Hall–Kier alpha value is -1.70. The number of hydrogen-bond donors (Lipinski definition) is 1. The zero-order valence-electron chi connectivity index (χ0n) is 13.9. The molecule has 0 spiro atoms. The van der Waals surface area contributed by atoms with Gasteiger partial charge < -0.3 is 10.1 Å². The number of ether oxygens (including phenoxy) is 1. The van der Waals surface area contributed by atoms with Gasteiger partial charge in [0, 0.05) is 36.9 Å². The highest BCUT2D eigenvalue weighted by Crippen LogP contribution is 2.11. The highest BCUT2D eigenvalue weighted by molar-refractivity contribution is 7.09. The lowest BCUT2D eigenvalue weighted by Crippen LogP contribution is -2.53. The number of rotatable bonds is 7. The van der Waals surface area contributed by atoms with Crippen LogP contribution in [-0.2, 0) is 22.5 Å². The van der Waals surface area contributed by atoms with Crippen molar-refractivity contribution in [2.75, 3.05) is 26.2 Å². The molecule has 0 aromatic carbocycles. The van der Waals surface area contributed by atoms with Gasteiger partial charge in [0.2, 0.25) is 5.91 Å². The van der Waals surface area contributed by atoms with Gasteiger partial charge in [0.05, 0.1) is 25.3 Å². The minimum absolute atomic E-state index is 0.0695. The first kappa shape index (κ1) is 17.1. The van der Waals surface area contributed by atoms with Crippen LogP contribution in [0.1, 0.15) is 11.8 Å². The summed E-state index contributed by atoms with van der Waals surface area (Å²) in [5.74, 6) is 0.0892. The summed E-state index contributed by atoms with van der Waals surface area (Å²) >= 11 is 1.73. The summed E-state index contributed by atoms with van der Waals surface area (Å²) in [5.41, 5.74) is 0. The fourth-order valence-electron chi connectivity index (χ4n) is 2.90. The largest absolute Gasteiger partial charge is 0.374 e. The van der Waals surface area contributed by atoms with Crippen molar-refractivity contribution in [3.05, 3.63) is 40.8 Å². The van der Waals surface area contributed by atoms with Gasteiger partial charge in [-0.2, -0.15) is 5.10 Å². The second-order valence-corrected chi connectivity index (χ2v) is 7.04. The van der Waals surface area contributed by atoms with Crippen molar-refractivity contribution in [2.45, 2.75) is 32.0 Å². The second kappa shape index (κ2) is 8.41. The van der Waals surface area contributed by atoms with Crippen LogP contribution in [0, 0.1) is 0 Å².